The maximum atomic E-state index is 5.35. The molecule has 40 heavy (non-hydrogen) atoms. The Kier molecular flexibility index (Phi) is 5.78. The highest BCUT2D eigenvalue weighted by atomic mass is 15.1. The Morgan fingerprint density at radius 1 is 0.450 bits per heavy atom. The summed E-state index contributed by atoms with van der Waals surface area (Å²) in [6.45, 7) is 0. The summed E-state index contributed by atoms with van der Waals surface area (Å²) in [7, 11) is 11.2. The fourth-order valence-corrected chi connectivity index (χ4v) is 6.52. The van der Waals surface area contributed by atoms with Gasteiger partial charge in [-0.15, -0.1) is 16.4 Å². The molecule has 1 aromatic heterocycles. The van der Waals surface area contributed by atoms with Gasteiger partial charge in [-0.1, -0.05) is 102 Å². The number of imidazole rings is 1. The predicted molar refractivity (Wildman–Crippen MR) is 188 cm³/mol. The normalized spacial score (nSPS) is 11.5. The molecule has 0 atom stereocenters. The second-order valence-electron chi connectivity index (χ2n) is 10.9. The van der Waals surface area contributed by atoms with E-state index in [1.54, 1.807) is 0 Å². The van der Waals surface area contributed by atoms with Gasteiger partial charge in [-0.2, -0.15) is 0 Å². The molecule has 6 aromatic carbocycles. The Morgan fingerprint density at radius 3 is 1.52 bits per heavy atom. The minimum absolute atomic E-state index is 1.00. The van der Waals surface area contributed by atoms with Crippen LogP contribution in [0.4, 0.5) is 0 Å². The van der Waals surface area contributed by atoms with Gasteiger partial charge in [-0.25, -0.2) is 4.98 Å². The fraction of sp³-hybridized carbons (Fsp3) is 0. The van der Waals surface area contributed by atoms with Gasteiger partial charge in [-0.3, -0.25) is 4.57 Å². The predicted octanol–water partition coefficient (Wildman–Crippen LogP) is -0.0421. The van der Waals surface area contributed by atoms with Gasteiger partial charge in [0.05, 0.1) is 16.7 Å². The minimum atomic E-state index is 1.00. The lowest BCUT2D eigenvalue weighted by Gasteiger charge is -2.23. The zero-order valence-corrected chi connectivity index (χ0v) is 23.7. The molecular formula is C33H27B5N2. The third kappa shape index (κ3) is 3.54. The molecule has 0 unspecified atom stereocenters. The van der Waals surface area contributed by atoms with Crippen LogP contribution in [0.3, 0.4) is 0 Å². The first-order chi connectivity index (χ1) is 19.5. The summed E-state index contributed by atoms with van der Waals surface area (Å²) >= 11 is 0. The van der Waals surface area contributed by atoms with Crippen molar-refractivity contribution in [1.82, 2.24) is 9.55 Å². The van der Waals surface area contributed by atoms with Crippen LogP contribution in [0.1, 0.15) is 0 Å². The maximum absolute atomic E-state index is 5.35. The molecule has 2 nitrogen and oxygen atoms in total. The highest BCUT2D eigenvalue weighted by molar-refractivity contribution is 6.68. The lowest BCUT2D eigenvalue weighted by atomic mass is 9.60. The number of benzene rings is 6. The van der Waals surface area contributed by atoms with Crippen molar-refractivity contribution in [3.63, 3.8) is 0 Å². The molecule has 0 aliphatic heterocycles. The van der Waals surface area contributed by atoms with E-state index in [2.05, 4.69) is 147 Å². The number of fused-ring (bicyclic) bond motifs is 3. The Balaban J connectivity index is 1.71. The summed E-state index contributed by atoms with van der Waals surface area (Å²) in [6.07, 6.45) is 0. The highest BCUT2D eigenvalue weighted by Gasteiger charge is 2.24. The first-order valence-electron chi connectivity index (χ1n) is 14.0. The molecular weight excluding hydrogens is 478 g/mol. The summed E-state index contributed by atoms with van der Waals surface area (Å²) in [5.41, 5.74) is 13.7. The topological polar surface area (TPSA) is 17.8 Å². The molecule has 7 heteroatoms. The van der Waals surface area contributed by atoms with Gasteiger partial charge in [0, 0.05) is 16.3 Å². The second kappa shape index (κ2) is 9.38. The van der Waals surface area contributed by atoms with Gasteiger partial charge >= 0.3 is 0 Å². The molecule has 0 saturated heterocycles. The quantitative estimate of drug-likeness (QED) is 0.244. The summed E-state index contributed by atoms with van der Waals surface area (Å²) in [4.78, 5) is 5.35. The first kappa shape index (κ1) is 24.7. The van der Waals surface area contributed by atoms with Crippen molar-refractivity contribution >= 4 is 99.1 Å². The number of aromatic nitrogens is 2. The average molecular weight is 506 g/mol. The van der Waals surface area contributed by atoms with Crippen molar-refractivity contribution < 1.29 is 0 Å². The van der Waals surface area contributed by atoms with Crippen molar-refractivity contribution in [1.29, 1.82) is 0 Å². The molecule has 1 heterocycles. The Hall–Kier alpha value is -4.37. The summed E-state index contributed by atoms with van der Waals surface area (Å²) in [5.74, 6) is 1.00. The molecule has 0 amide bonds. The maximum Gasteiger partial charge on any atom is 0.144 e. The van der Waals surface area contributed by atoms with E-state index in [-0.39, 0.29) is 0 Å². The fourth-order valence-electron chi connectivity index (χ4n) is 6.52. The lowest BCUT2D eigenvalue weighted by molar-refractivity contribution is 1.13. The molecule has 0 N–H and O–H groups in total. The van der Waals surface area contributed by atoms with E-state index in [4.69, 9.17) is 4.98 Å². The molecule has 0 saturated carbocycles. The number of hydrogen-bond donors (Lipinski definition) is 0. The van der Waals surface area contributed by atoms with Gasteiger partial charge in [0.15, 0.2) is 0 Å². The molecule has 0 aliphatic rings. The van der Waals surface area contributed by atoms with Crippen LogP contribution in [0.2, 0.25) is 0 Å². The SMILES string of the molecule is Bc1c(B)c(B)c(-c2nc3ccccc3n2-c2c3ccccc3c(-c3ccccc3)c3ccccc23)c(B)c1B. The van der Waals surface area contributed by atoms with Crippen molar-refractivity contribution in [3.05, 3.63) is 103 Å². The lowest BCUT2D eigenvalue weighted by Crippen LogP contribution is -2.55. The number of para-hydroxylation sites is 2. The van der Waals surface area contributed by atoms with Crippen LogP contribution >= 0.6 is 0 Å². The van der Waals surface area contributed by atoms with Gasteiger partial charge in [0.2, 0.25) is 0 Å². The molecule has 0 aliphatic carbocycles. The summed E-state index contributed by atoms with van der Waals surface area (Å²) < 4.78 is 2.43. The smallest absolute Gasteiger partial charge is 0.144 e. The van der Waals surface area contributed by atoms with Crippen LogP contribution in [0.15, 0.2) is 103 Å². The molecule has 7 rings (SSSR count). The number of rotatable bonds is 3. The third-order valence-corrected chi connectivity index (χ3v) is 8.97. The molecule has 0 radical (unpaired) electrons. The number of nitrogens with zero attached hydrogens (tertiary/aromatic N) is 2. The van der Waals surface area contributed by atoms with Crippen LogP contribution in [-0.2, 0) is 0 Å². The van der Waals surface area contributed by atoms with Crippen molar-refractivity contribution in [2.75, 3.05) is 0 Å². The molecule has 7 aromatic rings. The van der Waals surface area contributed by atoms with Crippen LogP contribution in [0.5, 0.6) is 0 Å². The van der Waals surface area contributed by atoms with Crippen LogP contribution in [0.25, 0.3) is 60.8 Å². The first-order valence-corrected chi connectivity index (χ1v) is 14.0. The molecule has 0 bridgehead atoms. The Morgan fingerprint density at radius 2 is 0.925 bits per heavy atom. The molecule has 0 spiro atoms. The van der Waals surface area contributed by atoms with Gasteiger partial charge in [0.1, 0.15) is 45.1 Å². The van der Waals surface area contributed by atoms with Crippen molar-refractivity contribution in [2.45, 2.75) is 0 Å². The highest BCUT2D eigenvalue weighted by Crippen LogP contribution is 2.42. The van der Waals surface area contributed by atoms with Crippen LogP contribution in [-0.4, -0.2) is 48.8 Å². The van der Waals surface area contributed by atoms with E-state index in [0.717, 1.165) is 16.9 Å². The third-order valence-electron chi connectivity index (χ3n) is 8.97. The zero-order chi connectivity index (χ0) is 27.5. The van der Waals surface area contributed by atoms with Gasteiger partial charge < -0.3 is 0 Å². The van der Waals surface area contributed by atoms with Gasteiger partial charge in [0.25, 0.3) is 0 Å². The largest absolute Gasteiger partial charge is 0.291 e. The average Bonchev–Trinajstić information content (AvgIpc) is 3.36. The standard InChI is InChI=1S/C33H27B5N2/c34-27-26(28(35)30(37)31(38)29(27)36)33-39-23-16-8-9-17-24(23)40(33)32-21-14-6-4-12-19(21)25(18-10-2-1-3-11-18)20-13-5-7-15-22(20)32/h1-17H,34-38H2. The monoisotopic (exact) mass is 506 g/mol. The van der Waals surface area contributed by atoms with E-state index in [1.807, 2.05) is 0 Å². The van der Waals surface area contributed by atoms with E-state index < -0.39 is 0 Å². The van der Waals surface area contributed by atoms with Crippen molar-refractivity contribution in [3.8, 4) is 28.2 Å². The number of hydrogen-bond acceptors (Lipinski definition) is 1. The van der Waals surface area contributed by atoms with Crippen LogP contribution < -0.4 is 27.3 Å². The molecule has 184 valence electrons. The van der Waals surface area contributed by atoms with E-state index in [1.165, 1.54) is 71.2 Å². The second-order valence-corrected chi connectivity index (χ2v) is 10.9. The Bertz CT molecular complexity index is 2030. The zero-order valence-electron chi connectivity index (χ0n) is 23.7. The van der Waals surface area contributed by atoms with Gasteiger partial charge in [-0.05, 0) is 34.0 Å². The molecule has 0 fully saturated rings. The van der Waals surface area contributed by atoms with E-state index in [0.29, 0.717) is 0 Å². The summed E-state index contributed by atoms with van der Waals surface area (Å²) in [6, 6.07) is 37.0. The summed E-state index contributed by atoms with van der Waals surface area (Å²) in [5, 5.41) is 4.94. The van der Waals surface area contributed by atoms with Crippen LogP contribution in [0, 0.1) is 0 Å². The van der Waals surface area contributed by atoms with E-state index >= 15 is 0 Å². The minimum Gasteiger partial charge on any atom is -0.291 e. The Labute approximate surface area is 239 Å². The van der Waals surface area contributed by atoms with Crippen molar-refractivity contribution in [2.24, 2.45) is 0 Å². The van der Waals surface area contributed by atoms with E-state index in [9.17, 15) is 0 Å².